The minimum Gasteiger partial charge on any atom is -0.493 e. The molecule has 0 bridgehead atoms. The topological polar surface area (TPSA) is 67.4 Å². The number of para-hydroxylation sites is 2. The van der Waals surface area contributed by atoms with Crippen LogP contribution in [0.3, 0.4) is 0 Å². The van der Waals surface area contributed by atoms with Crippen LogP contribution in [0.15, 0.2) is 53.5 Å². The number of benzene rings is 2. The van der Waals surface area contributed by atoms with E-state index in [-0.39, 0.29) is 24.0 Å². The van der Waals surface area contributed by atoms with E-state index in [9.17, 15) is 0 Å². The van der Waals surface area contributed by atoms with Crippen molar-refractivity contribution in [2.75, 3.05) is 53.6 Å². The van der Waals surface area contributed by atoms with Crippen molar-refractivity contribution in [3.05, 3.63) is 54.1 Å². The molecular weight excluding hydrogens is 495 g/mol. The molecular formula is C22H31IN4O3. The molecule has 3 rings (SSSR count). The van der Waals surface area contributed by atoms with Crippen LogP contribution < -0.4 is 20.1 Å². The van der Waals surface area contributed by atoms with Crippen molar-refractivity contribution in [1.29, 1.82) is 0 Å². The highest BCUT2D eigenvalue weighted by Gasteiger charge is 2.09. The van der Waals surface area contributed by atoms with Crippen LogP contribution in [-0.4, -0.2) is 64.4 Å². The van der Waals surface area contributed by atoms with Crippen molar-refractivity contribution in [2.45, 2.75) is 6.54 Å². The Bertz CT molecular complexity index is 780. The lowest BCUT2D eigenvalue weighted by Crippen LogP contribution is -2.44. The van der Waals surface area contributed by atoms with E-state index in [4.69, 9.17) is 14.2 Å². The summed E-state index contributed by atoms with van der Waals surface area (Å²) in [5, 5.41) is 6.71. The molecule has 1 saturated heterocycles. The van der Waals surface area contributed by atoms with Gasteiger partial charge >= 0.3 is 0 Å². The van der Waals surface area contributed by atoms with Crippen LogP contribution in [0.25, 0.3) is 0 Å². The summed E-state index contributed by atoms with van der Waals surface area (Å²) in [5.41, 5.74) is 1.15. The normalized spacial score (nSPS) is 14.5. The molecule has 7 nitrogen and oxygen atoms in total. The first-order chi connectivity index (χ1) is 14.3. The van der Waals surface area contributed by atoms with Gasteiger partial charge in [0.25, 0.3) is 0 Å². The lowest BCUT2D eigenvalue weighted by molar-refractivity contribution is 0.0389. The van der Waals surface area contributed by atoms with Gasteiger partial charge in [0.15, 0.2) is 17.5 Å². The molecule has 30 heavy (non-hydrogen) atoms. The lowest BCUT2D eigenvalue weighted by Gasteiger charge is -2.26. The molecule has 1 aliphatic rings. The zero-order valence-corrected chi connectivity index (χ0v) is 19.9. The van der Waals surface area contributed by atoms with Crippen LogP contribution in [0, 0.1) is 0 Å². The molecule has 8 heteroatoms. The van der Waals surface area contributed by atoms with E-state index < -0.39 is 0 Å². The number of morpholine rings is 1. The molecule has 164 valence electrons. The maximum Gasteiger partial charge on any atom is 0.191 e. The number of hydrogen-bond acceptors (Lipinski definition) is 5. The zero-order valence-electron chi connectivity index (χ0n) is 17.6. The van der Waals surface area contributed by atoms with Crippen LogP contribution in [-0.2, 0) is 11.3 Å². The molecule has 2 N–H and O–H groups in total. The molecule has 0 spiro atoms. The monoisotopic (exact) mass is 526 g/mol. The van der Waals surface area contributed by atoms with E-state index in [0.717, 1.165) is 56.7 Å². The summed E-state index contributed by atoms with van der Waals surface area (Å²) >= 11 is 0. The third-order valence-corrected chi connectivity index (χ3v) is 4.73. The Morgan fingerprint density at radius 1 is 1.03 bits per heavy atom. The Hall–Kier alpha value is -2.04. The second-order valence-corrected chi connectivity index (χ2v) is 6.70. The zero-order chi connectivity index (χ0) is 20.3. The van der Waals surface area contributed by atoms with Gasteiger partial charge in [-0.05, 0) is 29.8 Å². The average Bonchev–Trinajstić information content (AvgIpc) is 2.78. The molecule has 0 aliphatic carbocycles. The molecule has 1 aliphatic heterocycles. The number of hydrogen-bond donors (Lipinski definition) is 2. The van der Waals surface area contributed by atoms with Gasteiger partial charge in [0.1, 0.15) is 5.75 Å². The highest BCUT2D eigenvalue weighted by molar-refractivity contribution is 14.0. The predicted molar refractivity (Wildman–Crippen MR) is 130 cm³/mol. The number of rotatable bonds is 8. The van der Waals surface area contributed by atoms with E-state index in [1.165, 1.54) is 0 Å². The van der Waals surface area contributed by atoms with Gasteiger partial charge in [-0.2, -0.15) is 0 Å². The van der Waals surface area contributed by atoms with Gasteiger partial charge in [-0.25, -0.2) is 0 Å². The minimum atomic E-state index is 0. The summed E-state index contributed by atoms with van der Waals surface area (Å²) in [6, 6.07) is 15.6. The van der Waals surface area contributed by atoms with Gasteiger partial charge in [0, 0.05) is 39.8 Å². The average molecular weight is 526 g/mol. The molecule has 0 radical (unpaired) electrons. The molecule has 0 saturated carbocycles. The molecule has 1 fully saturated rings. The summed E-state index contributed by atoms with van der Waals surface area (Å²) in [7, 11) is 3.42. The van der Waals surface area contributed by atoms with E-state index >= 15 is 0 Å². The smallest absolute Gasteiger partial charge is 0.191 e. The van der Waals surface area contributed by atoms with Crippen LogP contribution in [0.2, 0.25) is 0 Å². The quantitative estimate of drug-likeness (QED) is 0.313. The number of halogens is 1. The van der Waals surface area contributed by atoms with Gasteiger partial charge in [-0.3, -0.25) is 9.89 Å². The van der Waals surface area contributed by atoms with Crippen molar-refractivity contribution < 1.29 is 14.2 Å². The summed E-state index contributed by atoms with van der Waals surface area (Å²) in [6.07, 6.45) is 0. The van der Waals surface area contributed by atoms with Crippen molar-refractivity contribution in [1.82, 2.24) is 15.5 Å². The van der Waals surface area contributed by atoms with Gasteiger partial charge in [-0.15, -0.1) is 24.0 Å². The number of methoxy groups -OCH3 is 1. The summed E-state index contributed by atoms with van der Waals surface area (Å²) in [6.45, 7) is 6.16. The lowest BCUT2D eigenvalue weighted by atomic mass is 10.2. The van der Waals surface area contributed by atoms with Crippen molar-refractivity contribution >= 4 is 29.9 Å². The first kappa shape index (κ1) is 24.2. The van der Waals surface area contributed by atoms with E-state index in [2.05, 4.69) is 20.5 Å². The number of guanidine groups is 1. The van der Waals surface area contributed by atoms with Gasteiger partial charge < -0.3 is 24.8 Å². The second-order valence-electron chi connectivity index (χ2n) is 6.70. The molecule has 0 aromatic heterocycles. The van der Waals surface area contributed by atoms with Gasteiger partial charge in [0.2, 0.25) is 0 Å². The van der Waals surface area contributed by atoms with E-state index in [1.807, 2.05) is 48.5 Å². The molecule has 2 aromatic carbocycles. The number of ether oxygens (including phenoxy) is 3. The summed E-state index contributed by atoms with van der Waals surface area (Å²) in [5.74, 6) is 2.98. The third-order valence-electron chi connectivity index (χ3n) is 4.73. The fourth-order valence-corrected chi connectivity index (χ4v) is 3.07. The molecule has 0 amide bonds. The van der Waals surface area contributed by atoms with E-state index in [0.29, 0.717) is 18.0 Å². The number of nitrogens with one attached hydrogen (secondary N) is 2. The number of nitrogens with zero attached hydrogens (tertiary/aromatic N) is 2. The summed E-state index contributed by atoms with van der Waals surface area (Å²) < 4.78 is 16.6. The van der Waals surface area contributed by atoms with Crippen LogP contribution in [0.1, 0.15) is 5.56 Å². The number of aliphatic imine (C=N–C) groups is 1. The Balaban J connectivity index is 0.00000320. The van der Waals surface area contributed by atoms with E-state index in [1.54, 1.807) is 14.2 Å². The van der Waals surface area contributed by atoms with Gasteiger partial charge in [0.05, 0.1) is 20.3 Å². The largest absolute Gasteiger partial charge is 0.493 e. The van der Waals surface area contributed by atoms with Crippen LogP contribution >= 0.6 is 24.0 Å². The third kappa shape index (κ3) is 7.66. The molecule has 0 atom stereocenters. The van der Waals surface area contributed by atoms with Crippen LogP contribution in [0.5, 0.6) is 17.2 Å². The highest BCUT2D eigenvalue weighted by atomic mass is 127. The molecule has 0 unspecified atom stereocenters. The highest BCUT2D eigenvalue weighted by Crippen LogP contribution is 2.30. The first-order valence-corrected chi connectivity index (χ1v) is 9.93. The first-order valence-electron chi connectivity index (χ1n) is 9.93. The fourth-order valence-electron chi connectivity index (χ4n) is 3.07. The summed E-state index contributed by atoms with van der Waals surface area (Å²) in [4.78, 5) is 6.68. The van der Waals surface area contributed by atoms with Crippen molar-refractivity contribution in [3.8, 4) is 17.2 Å². The maximum absolute atomic E-state index is 5.92. The Morgan fingerprint density at radius 2 is 1.73 bits per heavy atom. The second kappa shape index (κ2) is 13.3. The Labute approximate surface area is 195 Å². The van der Waals surface area contributed by atoms with Crippen molar-refractivity contribution in [2.24, 2.45) is 4.99 Å². The standard InChI is InChI=1S/C22H30N4O3.HI/c1-23-22(24-11-12-26-13-15-28-16-14-26)25-17-18-7-9-19(10-8-18)29-21-6-4-3-5-20(21)27-2;/h3-10H,11-17H2,1-2H3,(H2,23,24,25);1H. The SMILES string of the molecule is CN=C(NCCN1CCOCC1)NCc1ccc(Oc2ccccc2OC)cc1.I. The molecule has 1 heterocycles. The minimum absolute atomic E-state index is 0. The van der Waals surface area contributed by atoms with Gasteiger partial charge in [-0.1, -0.05) is 24.3 Å². The maximum atomic E-state index is 5.92. The predicted octanol–water partition coefficient (Wildman–Crippen LogP) is 3.10. The Kier molecular flexibility index (Phi) is 10.7. The van der Waals surface area contributed by atoms with Crippen molar-refractivity contribution in [3.63, 3.8) is 0 Å². The van der Waals surface area contributed by atoms with Crippen LogP contribution in [0.4, 0.5) is 0 Å². The fraction of sp³-hybridized carbons (Fsp3) is 0.409. The molecule has 2 aromatic rings. The Morgan fingerprint density at radius 3 is 2.40 bits per heavy atom.